The second-order valence-electron chi connectivity index (χ2n) is 4.00. The van der Waals surface area contributed by atoms with E-state index in [-0.39, 0.29) is 6.61 Å². The molecule has 2 unspecified atom stereocenters. The van der Waals surface area contributed by atoms with E-state index >= 15 is 0 Å². The van der Waals surface area contributed by atoms with E-state index in [9.17, 15) is 9.59 Å². The van der Waals surface area contributed by atoms with Gasteiger partial charge in [0.15, 0.2) is 6.61 Å². The van der Waals surface area contributed by atoms with Crippen LogP contribution in [0.4, 0.5) is 4.79 Å². The summed E-state index contributed by atoms with van der Waals surface area (Å²) in [5.74, 6) is 0.0878. The molecule has 2 fully saturated rings. The van der Waals surface area contributed by atoms with Gasteiger partial charge in [-0.1, -0.05) is 0 Å². The first-order valence-electron chi connectivity index (χ1n) is 5.14. The number of carbonyl (C=O) groups is 2. The molecule has 84 valence electrons. The minimum absolute atomic E-state index is 0.341. The average Bonchev–Trinajstić information content (AvgIpc) is 2.57. The highest BCUT2D eigenvalue weighted by Gasteiger charge is 2.35. The topological polar surface area (TPSA) is 75.9 Å². The van der Waals surface area contributed by atoms with Crippen molar-refractivity contribution in [3.05, 3.63) is 0 Å². The van der Waals surface area contributed by atoms with Crippen LogP contribution in [0.2, 0.25) is 0 Å². The summed E-state index contributed by atoms with van der Waals surface area (Å²) in [5.41, 5.74) is 4.90. The Morgan fingerprint density at radius 1 is 1.33 bits per heavy atom. The van der Waals surface area contributed by atoms with Crippen LogP contribution in [0.3, 0.4) is 0 Å². The monoisotopic (exact) mass is 213 g/mol. The van der Waals surface area contributed by atoms with Crippen molar-refractivity contribution < 1.29 is 14.3 Å². The van der Waals surface area contributed by atoms with Gasteiger partial charge in [0.1, 0.15) is 0 Å². The van der Waals surface area contributed by atoms with Crippen molar-refractivity contribution in [3.63, 3.8) is 0 Å². The quantitative estimate of drug-likeness (QED) is 0.674. The molecule has 0 radical (unpaired) electrons. The van der Waals surface area contributed by atoms with Crippen molar-refractivity contribution in [1.29, 1.82) is 0 Å². The summed E-state index contributed by atoms with van der Waals surface area (Å²) in [7, 11) is 0. The number of hydrogen-bond acceptors (Lipinski definition) is 4. The van der Waals surface area contributed by atoms with Gasteiger partial charge >= 0.3 is 6.09 Å². The molecule has 2 aliphatic heterocycles. The number of ether oxygens (including phenoxy) is 1. The van der Waals surface area contributed by atoms with Crippen LogP contribution in [0, 0.1) is 5.92 Å². The molecule has 2 atom stereocenters. The molecule has 2 saturated heterocycles. The Balaban J connectivity index is 1.87. The first kappa shape index (κ1) is 10.2. The number of carbonyl (C=O) groups excluding carboxylic acids is 2. The third-order valence-electron chi connectivity index (χ3n) is 2.90. The maximum absolute atomic E-state index is 11.5. The fourth-order valence-electron chi connectivity index (χ4n) is 2.13. The maximum Gasteiger partial charge on any atom is 0.424 e. The molecule has 2 aliphatic rings. The Morgan fingerprint density at radius 2 is 2.07 bits per heavy atom. The van der Waals surface area contributed by atoms with Crippen LogP contribution in [-0.4, -0.2) is 48.3 Å². The van der Waals surface area contributed by atoms with Crippen LogP contribution in [0.1, 0.15) is 12.8 Å². The second kappa shape index (κ2) is 4.06. The number of primary amides is 1. The Kier molecular flexibility index (Phi) is 2.77. The fraction of sp³-hybridized carbons (Fsp3) is 0.778. The van der Waals surface area contributed by atoms with Gasteiger partial charge in [0.2, 0.25) is 0 Å². The number of fused-ring (bicyclic) bond motifs is 2. The van der Waals surface area contributed by atoms with Gasteiger partial charge in [-0.25, -0.2) is 14.8 Å². The van der Waals surface area contributed by atoms with Crippen molar-refractivity contribution in [3.8, 4) is 0 Å². The summed E-state index contributed by atoms with van der Waals surface area (Å²) in [6.07, 6.45) is 1.69. The molecule has 0 aromatic heterocycles. The zero-order valence-corrected chi connectivity index (χ0v) is 8.52. The normalized spacial score (nSPS) is 28.9. The predicted molar refractivity (Wildman–Crippen MR) is 51.5 cm³/mol. The van der Waals surface area contributed by atoms with Crippen LogP contribution >= 0.6 is 0 Å². The molecule has 2 N–H and O–H groups in total. The van der Waals surface area contributed by atoms with Gasteiger partial charge in [0.05, 0.1) is 0 Å². The lowest BCUT2D eigenvalue weighted by atomic mass is 10.0. The highest BCUT2D eigenvalue weighted by atomic mass is 16.6. The van der Waals surface area contributed by atoms with Crippen molar-refractivity contribution in [2.75, 3.05) is 26.2 Å². The van der Waals surface area contributed by atoms with E-state index in [1.165, 1.54) is 0 Å². The van der Waals surface area contributed by atoms with E-state index in [1.54, 1.807) is 5.01 Å². The molecule has 6 heteroatoms. The number of hydrogen-bond donors (Lipinski definition) is 1. The Bertz CT molecular complexity index is 282. The van der Waals surface area contributed by atoms with E-state index in [0.717, 1.165) is 25.9 Å². The van der Waals surface area contributed by atoms with E-state index in [2.05, 4.69) is 0 Å². The van der Waals surface area contributed by atoms with E-state index < -0.39 is 12.0 Å². The number of hydrazine groups is 1. The first-order valence-corrected chi connectivity index (χ1v) is 5.14. The van der Waals surface area contributed by atoms with Gasteiger partial charge in [-0.3, -0.25) is 4.79 Å². The fourth-order valence-corrected chi connectivity index (χ4v) is 2.13. The second-order valence-corrected chi connectivity index (χ2v) is 4.00. The third-order valence-corrected chi connectivity index (χ3v) is 2.90. The van der Waals surface area contributed by atoms with Crippen LogP contribution in [-0.2, 0) is 9.53 Å². The smallest absolute Gasteiger partial charge is 0.424 e. The van der Waals surface area contributed by atoms with Crippen LogP contribution in [0.5, 0.6) is 0 Å². The molecule has 2 rings (SSSR count). The van der Waals surface area contributed by atoms with Crippen LogP contribution in [0.25, 0.3) is 0 Å². The molecule has 0 aromatic carbocycles. The highest BCUT2D eigenvalue weighted by molar-refractivity contribution is 5.78. The molecule has 0 aliphatic carbocycles. The molecule has 0 spiro atoms. The SMILES string of the molecule is NC(=O)COC(=O)N1CCC2CCN1C2. The summed E-state index contributed by atoms with van der Waals surface area (Å²) in [5, 5.41) is 3.56. The Hall–Kier alpha value is -1.30. The van der Waals surface area contributed by atoms with Crippen molar-refractivity contribution in [2.45, 2.75) is 12.8 Å². The predicted octanol–water partition coefficient (Wildman–Crippen LogP) is -0.449. The molecule has 0 aromatic rings. The molecule has 6 nitrogen and oxygen atoms in total. The summed E-state index contributed by atoms with van der Waals surface area (Å²) < 4.78 is 4.76. The maximum atomic E-state index is 11.5. The lowest BCUT2D eigenvalue weighted by Crippen LogP contribution is -2.49. The largest absolute Gasteiger partial charge is 0.438 e. The van der Waals surface area contributed by atoms with Crippen LogP contribution < -0.4 is 5.73 Å². The number of nitrogens with two attached hydrogens (primary N) is 1. The van der Waals surface area contributed by atoms with Crippen LogP contribution in [0.15, 0.2) is 0 Å². The van der Waals surface area contributed by atoms with Gasteiger partial charge in [-0.2, -0.15) is 0 Å². The van der Waals surface area contributed by atoms with Gasteiger partial charge in [-0.15, -0.1) is 0 Å². The standard InChI is InChI=1S/C9H15N3O3/c10-8(13)6-15-9(14)12-4-2-7-1-3-11(12)5-7/h7H,1-6H2,(H2,10,13). The number of nitrogens with zero attached hydrogens (tertiary/aromatic N) is 2. The van der Waals surface area contributed by atoms with Crippen molar-refractivity contribution in [1.82, 2.24) is 10.0 Å². The van der Waals surface area contributed by atoms with Gasteiger partial charge in [0.25, 0.3) is 5.91 Å². The Morgan fingerprint density at radius 3 is 2.80 bits per heavy atom. The van der Waals surface area contributed by atoms with E-state index in [4.69, 9.17) is 10.5 Å². The first-order chi connectivity index (χ1) is 7.16. The Labute approximate surface area is 87.9 Å². The molecule has 0 saturated carbocycles. The minimum atomic E-state index is -0.625. The van der Waals surface area contributed by atoms with Crippen molar-refractivity contribution >= 4 is 12.0 Å². The molecule has 2 heterocycles. The van der Waals surface area contributed by atoms with Gasteiger partial charge in [-0.05, 0) is 18.8 Å². The van der Waals surface area contributed by atoms with Gasteiger partial charge < -0.3 is 10.5 Å². The molecular weight excluding hydrogens is 198 g/mol. The summed E-state index contributed by atoms with van der Waals surface area (Å²) >= 11 is 0. The zero-order chi connectivity index (χ0) is 10.8. The van der Waals surface area contributed by atoms with Gasteiger partial charge in [0, 0.05) is 19.6 Å². The number of rotatable bonds is 2. The minimum Gasteiger partial charge on any atom is -0.438 e. The van der Waals surface area contributed by atoms with Crippen molar-refractivity contribution in [2.24, 2.45) is 11.7 Å². The molecule has 2 amide bonds. The highest BCUT2D eigenvalue weighted by Crippen LogP contribution is 2.27. The molecule has 15 heavy (non-hydrogen) atoms. The summed E-state index contributed by atoms with van der Waals surface area (Å²) in [4.78, 5) is 22.0. The third kappa shape index (κ3) is 2.20. The van der Waals surface area contributed by atoms with E-state index in [1.807, 2.05) is 5.01 Å². The zero-order valence-electron chi connectivity index (χ0n) is 8.52. The molecular formula is C9H15N3O3. The lowest BCUT2D eigenvalue weighted by Gasteiger charge is -2.34. The summed E-state index contributed by atoms with van der Waals surface area (Å²) in [6, 6.07) is 0. The molecule has 2 bridgehead atoms. The summed E-state index contributed by atoms with van der Waals surface area (Å²) in [6.45, 7) is 2.16. The average molecular weight is 213 g/mol. The van der Waals surface area contributed by atoms with E-state index in [0.29, 0.717) is 12.5 Å². The number of amides is 2. The lowest BCUT2D eigenvalue weighted by molar-refractivity contribution is -0.122.